The van der Waals surface area contributed by atoms with Crippen molar-refractivity contribution >= 4 is 11.6 Å². The summed E-state index contributed by atoms with van der Waals surface area (Å²) in [5.74, 6) is 1.36. The van der Waals surface area contributed by atoms with Gasteiger partial charge in [-0.05, 0) is 42.0 Å². The Labute approximate surface area is 125 Å². The number of nitrogens with two attached hydrogens (primary N) is 1. The van der Waals surface area contributed by atoms with Gasteiger partial charge in [-0.25, -0.2) is 0 Å². The molecule has 0 radical (unpaired) electrons. The largest absolute Gasteiger partial charge is 0.369 e. The molecule has 2 aromatic rings. The summed E-state index contributed by atoms with van der Waals surface area (Å²) < 4.78 is 0. The topological polar surface area (TPSA) is 41.6 Å². The van der Waals surface area contributed by atoms with Gasteiger partial charge in [0.1, 0.15) is 0 Å². The van der Waals surface area contributed by atoms with Crippen LogP contribution in [-0.4, -0.2) is 12.5 Å². The molecule has 0 amide bonds. The smallest absolute Gasteiger partial charge is 0.196 e. The summed E-state index contributed by atoms with van der Waals surface area (Å²) in [5.41, 5.74) is 10.1. The minimum Gasteiger partial charge on any atom is -0.369 e. The average Bonchev–Trinajstić information content (AvgIpc) is 3.31. The van der Waals surface area contributed by atoms with Crippen molar-refractivity contribution in [2.24, 2.45) is 10.7 Å². The van der Waals surface area contributed by atoms with Gasteiger partial charge in [-0.1, -0.05) is 42.5 Å². The first-order valence-electron chi connectivity index (χ1n) is 7.57. The quantitative estimate of drug-likeness (QED) is 0.933. The van der Waals surface area contributed by atoms with Crippen LogP contribution in [0, 0.1) is 0 Å². The van der Waals surface area contributed by atoms with E-state index in [2.05, 4.69) is 46.3 Å². The molecule has 1 fully saturated rings. The number of hydrogen-bond donors (Lipinski definition) is 1. The van der Waals surface area contributed by atoms with Gasteiger partial charge in [-0.2, -0.15) is 0 Å². The molecule has 21 heavy (non-hydrogen) atoms. The monoisotopic (exact) mass is 277 g/mol. The number of benzene rings is 2. The highest BCUT2D eigenvalue weighted by atomic mass is 15.3. The maximum Gasteiger partial charge on any atom is 0.196 e. The normalized spacial score (nSPS) is 21.4. The molecule has 1 saturated carbocycles. The number of anilines is 1. The molecular formula is C18H19N3. The van der Waals surface area contributed by atoms with E-state index in [9.17, 15) is 0 Å². The number of nitrogens with zero attached hydrogens (tertiary/aromatic N) is 2. The van der Waals surface area contributed by atoms with Crippen molar-refractivity contribution in [3.63, 3.8) is 0 Å². The molecule has 2 aromatic carbocycles. The molecule has 4 rings (SSSR count). The molecule has 1 aliphatic heterocycles. The van der Waals surface area contributed by atoms with Crippen molar-refractivity contribution in [2.75, 3.05) is 11.4 Å². The fourth-order valence-electron chi connectivity index (χ4n) is 3.22. The fraction of sp³-hybridized carbons (Fsp3) is 0.278. The van der Waals surface area contributed by atoms with Crippen LogP contribution in [0.15, 0.2) is 59.6 Å². The second kappa shape index (κ2) is 4.92. The molecule has 3 heteroatoms. The minimum absolute atomic E-state index is 0.226. The van der Waals surface area contributed by atoms with E-state index >= 15 is 0 Å². The number of rotatable bonds is 3. The summed E-state index contributed by atoms with van der Waals surface area (Å²) in [7, 11) is 0. The predicted octanol–water partition coefficient (Wildman–Crippen LogP) is 3.44. The summed E-state index contributed by atoms with van der Waals surface area (Å²) in [5, 5.41) is 0. The lowest BCUT2D eigenvalue weighted by Gasteiger charge is -2.28. The third-order valence-corrected chi connectivity index (χ3v) is 4.39. The highest BCUT2D eigenvalue weighted by Crippen LogP contribution is 2.44. The second-order valence-electron chi connectivity index (χ2n) is 5.82. The molecule has 1 aliphatic carbocycles. The van der Waals surface area contributed by atoms with Crippen LogP contribution < -0.4 is 10.6 Å². The molecule has 0 spiro atoms. The lowest BCUT2D eigenvalue weighted by Crippen LogP contribution is -2.36. The third kappa shape index (κ3) is 2.19. The van der Waals surface area contributed by atoms with Gasteiger partial charge in [-0.3, -0.25) is 4.99 Å². The van der Waals surface area contributed by atoms with Gasteiger partial charge >= 0.3 is 0 Å². The summed E-state index contributed by atoms with van der Waals surface area (Å²) in [6.45, 7) is 0.741. The third-order valence-electron chi connectivity index (χ3n) is 4.39. The molecule has 0 saturated heterocycles. The lowest BCUT2D eigenvalue weighted by molar-refractivity contribution is 0.755. The van der Waals surface area contributed by atoms with Crippen LogP contribution in [0.25, 0.3) is 0 Å². The number of guanidine groups is 1. The molecule has 0 aromatic heterocycles. The van der Waals surface area contributed by atoms with Crippen molar-refractivity contribution in [2.45, 2.75) is 24.8 Å². The minimum atomic E-state index is 0.226. The molecule has 106 valence electrons. The summed E-state index contributed by atoms with van der Waals surface area (Å²) in [6, 6.07) is 19.3. The molecular weight excluding hydrogens is 258 g/mol. The van der Waals surface area contributed by atoms with Gasteiger partial charge in [0.15, 0.2) is 5.96 Å². The zero-order chi connectivity index (χ0) is 14.2. The lowest BCUT2D eigenvalue weighted by atomic mass is 9.96. The number of para-hydroxylation sites is 1. The Hall–Kier alpha value is -2.29. The van der Waals surface area contributed by atoms with E-state index in [4.69, 9.17) is 5.73 Å². The van der Waals surface area contributed by atoms with Gasteiger partial charge in [0, 0.05) is 5.69 Å². The zero-order valence-electron chi connectivity index (χ0n) is 11.9. The first-order valence-corrected chi connectivity index (χ1v) is 7.57. The van der Waals surface area contributed by atoms with Crippen LogP contribution in [0.5, 0.6) is 0 Å². The van der Waals surface area contributed by atoms with Crippen LogP contribution in [-0.2, 0) is 0 Å². The van der Waals surface area contributed by atoms with Gasteiger partial charge in [0.25, 0.3) is 0 Å². The Morgan fingerprint density at radius 1 is 0.905 bits per heavy atom. The molecule has 2 aliphatic rings. The Morgan fingerprint density at radius 2 is 1.57 bits per heavy atom. The molecule has 0 bridgehead atoms. The number of hydrogen-bond acceptors (Lipinski definition) is 3. The van der Waals surface area contributed by atoms with E-state index in [1.807, 2.05) is 18.2 Å². The SMILES string of the molecule is NC1=NCC(c2ccccc2C2CC2)N1c1ccccc1. The maximum atomic E-state index is 6.16. The highest BCUT2D eigenvalue weighted by Gasteiger charge is 2.34. The van der Waals surface area contributed by atoms with E-state index in [1.165, 1.54) is 24.0 Å². The van der Waals surface area contributed by atoms with Crippen LogP contribution in [0.1, 0.15) is 35.9 Å². The fourth-order valence-corrected chi connectivity index (χ4v) is 3.22. The van der Waals surface area contributed by atoms with E-state index < -0.39 is 0 Å². The molecule has 3 nitrogen and oxygen atoms in total. The Bertz CT molecular complexity index is 674. The van der Waals surface area contributed by atoms with Crippen LogP contribution in [0.4, 0.5) is 5.69 Å². The van der Waals surface area contributed by atoms with Gasteiger partial charge in [-0.15, -0.1) is 0 Å². The van der Waals surface area contributed by atoms with Crippen LogP contribution in [0.3, 0.4) is 0 Å². The van der Waals surface area contributed by atoms with Crippen molar-refractivity contribution in [3.05, 3.63) is 65.7 Å². The second-order valence-corrected chi connectivity index (χ2v) is 5.82. The Morgan fingerprint density at radius 3 is 2.29 bits per heavy atom. The highest BCUT2D eigenvalue weighted by molar-refractivity contribution is 5.97. The standard InChI is InChI=1S/C18H19N3/c19-18-20-12-17(21(18)14-6-2-1-3-7-14)16-9-5-4-8-15(16)13-10-11-13/h1-9,13,17H,10-12H2,(H2,19,20). The van der Waals surface area contributed by atoms with Crippen molar-refractivity contribution < 1.29 is 0 Å². The van der Waals surface area contributed by atoms with Gasteiger partial charge in [0.05, 0.1) is 12.6 Å². The first-order chi connectivity index (χ1) is 10.3. The van der Waals surface area contributed by atoms with Crippen molar-refractivity contribution in [1.29, 1.82) is 0 Å². The summed E-state index contributed by atoms with van der Waals surface area (Å²) >= 11 is 0. The molecule has 1 atom stereocenters. The first kappa shape index (κ1) is 12.5. The summed E-state index contributed by atoms with van der Waals surface area (Å²) in [6.07, 6.45) is 2.62. The van der Waals surface area contributed by atoms with Crippen LogP contribution >= 0.6 is 0 Å². The number of aliphatic imine (C=N–C) groups is 1. The molecule has 1 heterocycles. The zero-order valence-corrected chi connectivity index (χ0v) is 11.9. The van der Waals surface area contributed by atoms with Gasteiger partial charge < -0.3 is 10.6 Å². The van der Waals surface area contributed by atoms with E-state index in [0.717, 1.165) is 18.2 Å². The summed E-state index contributed by atoms with van der Waals surface area (Å²) in [4.78, 5) is 6.66. The Balaban J connectivity index is 1.75. The van der Waals surface area contributed by atoms with E-state index in [0.29, 0.717) is 5.96 Å². The molecule has 2 N–H and O–H groups in total. The van der Waals surface area contributed by atoms with Crippen molar-refractivity contribution in [3.8, 4) is 0 Å². The maximum absolute atomic E-state index is 6.16. The average molecular weight is 277 g/mol. The van der Waals surface area contributed by atoms with E-state index in [-0.39, 0.29) is 6.04 Å². The van der Waals surface area contributed by atoms with Gasteiger partial charge in [0.2, 0.25) is 0 Å². The predicted molar refractivity (Wildman–Crippen MR) is 86.6 cm³/mol. The van der Waals surface area contributed by atoms with E-state index in [1.54, 1.807) is 0 Å². The van der Waals surface area contributed by atoms with Crippen molar-refractivity contribution in [1.82, 2.24) is 0 Å². The Kier molecular flexibility index (Phi) is 2.92. The molecule has 1 unspecified atom stereocenters. The van der Waals surface area contributed by atoms with Crippen LogP contribution in [0.2, 0.25) is 0 Å².